The van der Waals surface area contributed by atoms with Crippen LogP contribution in [0.2, 0.25) is 0 Å². The number of benzene rings is 1. The molecule has 4 aromatic rings. The van der Waals surface area contributed by atoms with Gasteiger partial charge < -0.3 is 9.47 Å². The summed E-state index contributed by atoms with van der Waals surface area (Å²) >= 11 is 0. The molecule has 0 unspecified atom stereocenters. The van der Waals surface area contributed by atoms with Crippen LogP contribution in [-0.4, -0.2) is 62.4 Å². The number of sulfone groups is 1. The van der Waals surface area contributed by atoms with Crippen LogP contribution in [0.5, 0.6) is 11.5 Å². The van der Waals surface area contributed by atoms with Gasteiger partial charge in [0.2, 0.25) is 0 Å². The second-order valence-corrected chi connectivity index (χ2v) is 11.5. The maximum atomic E-state index is 13.7. The predicted octanol–water partition coefficient (Wildman–Crippen LogP) is 3.13. The molecule has 5 rings (SSSR count). The van der Waals surface area contributed by atoms with E-state index in [1.165, 1.54) is 14.2 Å². The molecule has 1 aromatic carbocycles. The largest absolute Gasteiger partial charge is 0.494 e. The Morgan fingerprint density at radius 3 is 2.39 bits per heavy atom. The lowest BCUT2D eigenvalue weighted by molar-refractivity contribution is 0.390. The first kappa shape index (κ1) is 25.8. The van der Waals surface area contributed by atoms with Crippen molar-refractivity contribution in [1.29, 1.82) is 0 Å². The lowest BCUT2D eigenvalue weighted by Gasteiger charge is -2.20. The fraction of sp³-hybridized carbons (Fsp3) is 0.400. The first-order valence-electron chi connectivity index (χ1n) is 12.1. The van der Waals surface area contributed by atoms with E-state index in [1.54, 1.807) is 42.8 Å². The highest BCUT2D eigenvalue weighted by atomic mass is 32.2. The fourth-order valence-electron chi connectivity index (χ4n) is 4.71. The number of para-hydroxylation sites is 1. The number of halogens is 1. The number of ether oxygens (including phenoxy) is 2. The van der Waals surface area contributed by atoms with E-state index >= 15 is 0 Å². The molecule has 3 aromatic heterocycles. The quantitative estimate of drug-likeness (QED) is 0.314. The van der Waals surface area contributed by atoms with Crippen molar-refractivity contribution in [3.63, 3.8) is 0 Å². The smallest absolute Gasteiger partial charge is 0.172 e. The molecule has 0 fully saturated rings. The van der Waals surface area contributed by atoms with E-state index in [9.17, 15) is 12.8 Å². The zero-order valence-electron chi connectivity index (χ0n) is 21.5. The summed E-state index contributed by atoms with van der Waals surface area (Å²) in [5.41, 5.74) is 2.27. The van der Waals surface area contributed by atoms with E-state index in [0.717, 1.165) is 43.0 Å². The molecule has 1 aliphatic rings. The molecular weight excluding hydrogens is 513 g/mol. The Bertz CT molecular complexity index is 1540. The van der Waals surface area contributed by atoms with E-state index in [0.29, 0.717) is 23.0 Å². The lowest BCUT2D eigenvalue weighted by atomic mass is 10.1. The van der Waals surface area contributed by atoms with E-state index in [-0.39, 0.29) is 11.6 Å². The Labute approximate surface area is 219 Å². The molecule has 0 aliphatic carbocycles. The maximum Gasteiger partial charge on any atom is 0.172 e. The number of aromatic nitrogens is 7. The van der Waals surface area contributed by atoms with Crippen molar-refractivity contribution in [2.24, 2.45) is 0 Å². The predicted molar refractivity (Wildman–Crippen MR) is 136 cm³/mol. The molecule has 0 saturated carbocycles. The number of aryl methyl sites for hydroxylation is 1. The van der Waals surface area contributed by atoms with Crippen molar-refractivity contribution in [1.82, 2.24) is 34.5 Å². The van der Waals surface area contributed by atoms with Gasteiger partial charge in [0.1, 0.15) is 28.8 Å². The van der Waals surface area contributed by atoms with Gasteiger partial charge >= 0.3 is 0 Å². The van der Waals surface area contributed by atoms with Crippen molar-refractivity contribution in [2.45, 2.75) is 50.2 Å². The normalized spacial score (nSPS) is 14.8. The van der Waals surface area contributed by atoms with Crippen LogP contribution in [0.25, 0.3) is 17.1 Å². The third-order valence-electron chi connectivity index (χ3n) is 6.98. The van der Waals surface area contributed by atoms with Crippen LogP contribution in [0.3, 0.4) is 0 Å². The average Bonchev–Trinajstić information content (AvgIpc) is 3.64. The average molecular weight is 542 g/mol. The van der Waals surface area contributed by atoms with E-state index in [2.05, 4.69) is 25.3 Å². The summed E-state index contributed by atoms with van der Waals surface area (Å²) in [5, 5.41) is 12.4. The van der Waals surface area contributed by atoms with Crippen LogP contribution in [0.1, 0.15) is 43.5 Å². The molecule has 0 bridgehead atoms. The van der Waals surface area contributed by atoms with Gasteiger partial charge in [-0.3, -0.25) is 9.25 Å². The zero-order chi connectivity index (χ0) is 27.0. The number of nitrogens with zero attached hydrogens (tertiary/aromatic N) is 7. The first-order chi connectivity index (χ1) is 18.2. The molecule has 38 heavy (non-hydrogen) atoms. The highest BCUT2D eigenvalue weighted by Gasteiger charge is 2.34. The molecule has 0 radical (unpaired) electrons. The molecule has 0 saturated heterocycles. The maximum absolute atomic E-state index is 13.7. The third-order valence-corrected chi connectivity index (χ3v) is 9.18. The third kappa shape index (κ3) is 4.51. The van der Waals surface area contributed by atoms with Crippen LogP contribution in [0, 0.1) is 5.82 Å². The fourth-order valence-corrected chi connectivity index (χ4v) is 6.26. The highest BCUT2D eigenvalue weighted by Crippen LogP contribution is 2.38. The van der Waals surface area contributed by atoms with Gasteiger partial charge in [0.25, 0.3) is 0 Å². The summed E-state index contributed by atoms with van der Waals surface area (Å²) in [4.78, 5) is 7.95. The van der Waals surface area contributed by atoms with Gasteiger partial charge in [-0.25, -0.2) is 22.8 Å². The topological polar surface area (TPSA) is 127 Å². The van der Waals surface area contributed by atoms with E-state index in [1.807, 2.05) is 4.68 Å². The number of hydrogen-bond donors (Lipinski definition) is 0. The van der Waals surface area contributed by atoms with Gasteiger partial charge in [-0.05, 0) is 31.9 Å². The van der Waals surface area contributed by atoms with Gasteiger partial charge in [-0.2, -0.15) is 5.10 Å². The molecule has 200 valence electrons. The zero-order valence-corrected chi connectivity index (χ0v) is 22.3. The lowest BCUT2D eigenvalue weighted by Crippen LogP contribution is -2.27. The molecule has 13 heteroatoms. The minimum atomic E-state index is -3.81. The Morgan fingerprint density at radius 2 is 1.74 bits per heavy atom. The minimum absolute atomic E-state index is 0.194. The Kier molecular flexibility index (Phi) is 6.86. The van der Waals surface area contributed by atoms with Gasteiger partial charge in [0.15, 0.2) is 27.3 Å². The van der Waals surface area contributed by atoms with Crippen molar-refractivity contribution in [2.75, 3.05) is 14.2 Å². The molecule has 0 N–H and O–H groups in total. The van der Waals surface area contributed by atoms with Crippen LogP contribution in [0.15, 0.2) is 36.8 Å². The number of rotatable bonds is 9. The molecule has 11 nitrogen and oxygen atoms in total. The van der Waals surface area contributed by atoms with Crippen LogP contribution in [0.4, 0.5) is 4.39 Å². The van der Waals surface area contributed by atoms with Crippen LogP contribution in [-0.2, 0) is 28.6 Å². The second-order valence-electron chi connectivity index (χ2n) is 9.18. The van der Waals surface area contributed by atoms with Crippen molar-refractivity contribution >= 4 is 9.84 Å². The van der Waals surface area contributed by atoms with E-state index < -0.39 is 32.6 Å². The van der Waals surface area contributed by atoms with Gasteiger partial charge in [0, 0.05) is 18.2 Å². The summed E-state index contributed by atoms with van der Waals surface area (Å²) in [6, 6.07) is 5.31. The van der Waals surface area contributed by atoms with Crippen molar-refractivity contribution in [3.05, 3.63) is 59.9 Å². The number of hydrogen-bond acceptors (Lipinski definition) is 9. The summed E-state index contributed by atoms with van der Waals surface area (Å²) in [7, 11) is -0.746. The minimum Gasteiger partial charge on any atom is -0.494 e. The summed E-state index contributed by atoms with van der Waals surface area (Å²) in [6.45, 7) is 4.09. The first-order valence-corrected chi connectivity index (χ1v) is 13.9. The second kappa shape index (κ2) is 10.1. The van der Waals surface area contributed by atoms with Crippen molar-refractivity contribution < 1.29 is 22.3 Å². The van der Waals surface area contributed by atoms with E-state index in [4.69, 9.17) is 9.47 Å². The summed E-state index contributed by atoms with van der Waals surface area (Å²) in [5.74, 6) is 0.223. The monoisotopic (exact) mass is 541 g/mol. The van der Waals surface area contributed by atoms with Gasteiger partial charge in [0.05, 0.1) is 43.6 Å². The molecule has 4 heterocycles. The Morgan fingerprint density at radius 1 is 1.05 bits per heavy atom. The molecule has 0 amide bonds. The molecule has 1 aliphatic heterocycles. The molecule has 2 atom stereocenters. The summed E-state index contributed by atoms with van der Waals surface area (Å²) in [6.07, 6.45) is 5.57. The highest BCUT2D eigenvalue weighted by molar-refractivity contribution is 7.91. The Balaban J connectivity index is 1.62. The van der Waals surface area contributed by atoms with Gasteiger partial charge in [-0.15, -0.1) is 10.2 Å². The summed E-state index contributed by atoms with van der Waals surface area (Å²) < 4.78 is 55.5. The van der Waals surface area contributed by atoms with Gasteiger partial charge in [-0.1, -0.05) is 13.0 Å². The van der Waals surface area contributed by atoms with Crippen molar-refractivity contribution in [3.8, 4) is 28.6 Å². The number of fused-ring (bicyclic) bond motifs is 1. The molecular formula is C25H28FN7O4S. The number of methoxy groups -OCH3 is 2. The molecule has 0 spiro atoms. The van der Waals surface area contributed by atoms with Crippen LogP contribution < -0.4 is 9.47 Å². The SMILES string of the molecule is COc1cccc(OC)c1-n1c(CS(=O)(=O)[C@@H](C)[C@H](C)c2ncc(F)cn2)nnc1-c1cnn2c1CCC2. The Hall–Kier alpha value is -3.87. The van der Waals surface area contributed by atoms with Crippen LogP contribution >= 0.6 is 0 Å². The standard InChI is InChI=1S/C25H28FN7O4S/c1-15(24-27-11-17(26)12-28-24)16(2)38(34,35)14-22-30-31-25(18-13-29-32-10-6-7-19(18)32)33(22)23-20(36-3)8-5-9-21(23)37-4/h5,8-9,11-13,15-16H,6-7,10,14H2,1-4H3/t15-,16-/m0/s1.